The summed E-state index contributed by atoms with van der Waals surface area (Å²) in [6.45, 7) is 0.178. The number of carbonyl (C=O) groups excluding carboxylic acids is 1. The number of alkyl halides is 3. The van der Waals surface area contributed by atoms with Gasteiger partial charge >= 0.3 is 18.2 Å². The van der Waals surface area contributed by atoms with Crippen LogP contribution in [-0.4, -0.2) is 63.7 Å². The Morgan fingerprint density at radius 1 is 1.06 bits per heavy atom. The number of nitrogens with one attached hydrogen (secondary N) is 4. The van der Waals surface area contributed by atoms with Gasteiger partial charge in [-0.05, 0) is 58.3 Å². The van der Waals surface area contributed by atoms with Crippen molar-refractivity contribution in [2.24, 2.45) is 0 Å². The number of fused-ring (bicyclic) bond motifs is 1. The van der Waals surface area contributed by atoms with E-state index in [1.165, 1.54) is 11.0 Å². The number of rotatable bonds is 8. The van der Waals surface area contributed by atoms with Gasteiger partial charge in [0.05, 0.1) is 17.2 Å². The van der Waals surface area contributed by atoms with Gasteiger partial charge in [0.15, 0.2) is 5.82 Å². The van der Waals surface area contributed by atoms with Gasteiger partial charge in [-0.25, -0.2) is 19.3 Å². The number of hydrogen-bond donors (Lipinski definition) is 6. The second-order valence-electron chi connectivity index (χ2n) is 10.1. The zero-order valence-corrected chi connectivity index (χ0v) is 25.8. The van der Waals surface area contributed by atoms with Crippen molar-refractivity contribution in [1.82, 2.24) is 51.0 Å². The Balaban J connectivity index is 0.000000582. The third kappa shape index (κ3) is 8.18. The van der Waals surface area contributed by atoms with Crippen molar-refractivity contribution in [2.75, 3.05) is 5.73 Å². The molecule has 0 aliphatic carbocycles. The largest absolute Gasteiger partial charge is 0.490 e. The number of urea groups is 1. The predicted molar refractivity (Wildman–Crippen MR) is 169 cm³/mol. The van der Waals surface area contributed by atoms with E-state index in [1.54, 1.807) is 18.2 Å². The van der Waals surface area contributed by atoms with Crippen LogP contribution in [0.3, 0.4) is 0 Å². The second kappa shape index (κ2) is 14.4. The first-order valence-corrected chi connectivity index (χ1v) is 14.5. The van der Waals surface area contributed by atoms with Crippen molar-refractivity contribution >= 4 is 51.9 Å². The highest BCUT2D eigenvalue weighted by Gasteiger charge is 2.38. The maximum atomic E-state index is 13.2. The molecule has 0 aliphatic heterocycles. The minimum absolute atomic E-state index is 0.178. The van der Waals surface area contributed by atoms with Gasteiger partial charge in [-0.1, -0.05) is 59.6 Å². The Hall–Kier alpha value is -5.68. The number of H-pyrrole nitrogens is 2. The van der Waals surface area contributed by atoms with Crippen LogP contribution in [0, 0.1) is 0 Å². The molecule has 3 aromatic carbocycles. The average Bonchev–Trinajstić information content (AvgIpc) is 3.81. The third-order valence-corrected chi connectivity index (χ3v) is 7.29. The predicted octanol–water partition coefficient (Wildman–Crippen LogP) is 5.23. The van der Waals surface area contributed by atoms with Gasteiger partial charge in [0.25, 0.3) is 0 Å². The van der Waals surface area contributed by atoms with E-state index >= 15 is 0 Å². The molecule has 0 fully saturated rings. The molecule has 48 heavy (non-hydrogen) atoms. The Kier molecular flexibility index (Phi) is 10.1. The van der Waals surface area contributed by atoms with Gasteiger partial charge in [0.2, 0.25) is 0 Å². The molecule has 1 atom stereocenters. The summed E-state index contributed by atoms with van der Waals surface area (Å²) in [5.41, 5.74) is 10.4. The molecular weight excluding hydrogens is 678 g/mol. The zero-order chi connectivity index (χ0) is 34.4. The number of halogens is 5. The number of amides is 2. The quantitative estimate of drug-likeness (QED) is 0.123. The first kappa shape index (κ1) is 33.7. The molecule has 19 heteroatoms. The number of aromatic nitrogens is 8. The lowest BCUT2D eigenvalue weighted by molar-refractivity contribution is -0.192. The van der Waals surface area contributed by atoms with Crippen LogP contribution in [0.15, 0.2) is 73.1 Å². The highest BCUT2D eigenvalue weighted by Crippen LogP contribution is 2.31. The number of carboxylic acids is 1. The van der Waals surface area contributed by atoms with E-state index in [-0.39, 0.29) is 6.54 Å². The molecule has 0 bridgehead atoms. The van der Waals surface area contributed by atoms with Gasteiger partial charge in [-0.3, -0.25) is 5.10 Å². The van der Waals surface area contributed by atoms with Gasteiger partial charge in [-0.2, -0.15) is 18.3 Å². The molecular formula is C29H24Cl2F3N11O3. The molecule has 14 nitrogen and oxygen atoms in total. The first-order valence-electron chi connectivity index (χ1n) is 13.8. The summed E-state index contributed by atoms with van der Waals surface area (Å²) in [4.78, 5) is 30.0. The van der Waals surface area contributed by atoms with Crippen LogP contribution < -0.4 is 16.4 Å². The number of nitrogens with zero attached hydrogens (tertiary/aromatic N) is 6. The fourth-order valence-corrected chi connectivity index (χ4v) is 5.00. The highest BCUT2D eigenvalue weighted by molar-refractivity contribution is 6.32. The van der Waals surface area contributed by atoms with Gasteiger partial charge in [-0.15, -0.1) is 5.10 Å². The standard InChI is InChI=1S/C27H23Cl2N11O.C2HF3O2/c28-18-7-9-22(40-14-32-38-39-40)17(11-18)13-31-27(41)33-21(10-15-4-2-1-3-5-15)26-34-23(24(29)35-26)16-6-8-19-20(12-16)36-37-25(19)30;3-2(4,5)1(6)7/h1-9,11-12,14,21H,10,13H2,(H,34,35)(H3,30,36,37)(H2,31,33,41);(H,6,7)/t21-;/m0./s1. The molecule has 0 unspecified atom stereocenters. The number of nitrogen functional groups attached to an aromatic ring is 1. The summed E-state index contributed by atoms with van der Waals surface area (Å²) in [7, 11) is 0. The number of benzene rings is 3. The summed E-state index contributed by atoms with van der Waals surface area (Å²) in [5, 5.41) is 33.0. The Bertz CT molecular complexity index is 2030. The number of hydrogen-bond acceptors (Lipinski definition) is 8. The monoisotopic (exact) mass is 701 g/mol. The molecule has 0 spiro atoms. The average molecular weight is 702 g/mol. The summed E-state index contributed by atoms with van der Waals surface area (Å²) in [5.74, 6) is -1.83. The van der Waals surface area contributed by atoms with Gasteiger partial charge in [0.1, 0.15) is 23.0 Å². The summed E-state index contributed by atoms with van der Waals surface area (Å²) in [6.07, 6.45) is -3.14. The van der Waals surface area contributed by atoms with Crippen LogP contribution in [0.2, 0.25) is 10.2 Å². The van der Waals surface area contributed by atoms with E-state index in [0.717, 1.165) is 27.6 Å². The van der Waals surface area contributed by atoms with Crippen molar-refractivity contribution in [3.05, 3.63) is 100 Å². The molecule has 2 amide bonds. The van der Waals surface area contributed by atoms with Crippen molar-refractivity contribution in [2.45, 2.75) is 25.2 Å². The summed E-state index contributed by atoms with van der Waals surface area (Å²) < 4.78 is 33.2. The molecule has 0 saturated heterocycles. The van der Waals surface area contributed by atoms with Crippen LogP contribution >= 0.6 is 23.2 Å². The highest BCUT2D eigenvalue weighted by atomic mass is 35.5. The van der Waals surface area contributed by atoms with Crippen molar-refractivity contribution < 1.29 is 27.9 Å². The second-order valence-corrected chi connectivity index (χ2v) is 10.9. The Labute approximate surface area is 278 Å². The number of nitrogens with two attached hydrogens (primary N) is 1. The van der Waals surface area contributed by atoms with E-state index in [9.17, 15) is 18.0 Å². The number of tetrazole rings is 1. The Morgan fingerprint density at radius 3 is 2.50 bits per heavy atom. The SMILES string of the molecule is Nc1n[nH]c2cc(-c3nc([C@H](Cc4ccccc4)NC(=O)NCc4cc(Cl)ccc4-n4cnnn4)[nH]c3Cl)ccc12.O=C(O)C(F)(F)F. The minimum atomic E-state index is -5.08. The molecule has 3 heterocycles. The number of aliphatic carboxylic acids is 1. The molecule has 7 N–H and O–H groups in total. The number of carboxylic acid groups (broad SMARTS) is 1. The topological polar surface area (TPSA) is 205 Å². The van der Waals surface area contributed by atoms with Gasteiger partial charge in [0, 0.05) is 22.5 Å². The first-order chi connectivity index (χ1) is 22.9. The van der Waals surface area contributed by atoms with E-state index in [2.05, 4.69) is 41.3 Å². The van der Waals surface area contributed by atoms with E-state index < -0.39 is 24.2 Å². The minimum Gasteiger partial charge on any atom is -0.475 e. The van der Waals surface area contributed by atoms with Gasteiger partial charge < -0.3 is 26.5 Å². The Morgan fingerprint density at radius 2 is 1.81 bits per heavy atom. The number of imidazole rings is 1. The lowest BCUT2D eigenvalue weighted by Gasteiger charge is -2.18. The summed E-state index contributed by atoms with van der Waals surface area (Å²) in [6, 6.07) is 19.8. The maximum absolute atomic E-state index is 13.2. The molecule has 6 rings (SSSR count). The molecule has 248 valence electrons. The number of anilines is 1. The normalized spacial score (nSPS) is 11.9. The lowest BCUT2D eigenvalue weighted by atomic mass is 10.1. The van der Waals surface area contributed by atoms with Crippen molar-refractivity contribution in [1.29, 1.82) is 0 Å². The molecule has 0 saturated carbocycles. The van der Waals surface area contributed by atoms with E-state index in [0.29, 0.717) is 39.6 Å². The number of carbonyl (C=O) groups is 2. The number of aromatic amines is 2. The maximum Gasteiger partial charge on any atom is 0.490 e. The van der Waals surface area contributed by atoms with Crippen molar-refractivity contribution in [3.8, 4) is 16.9 Å². The molecule has 3 aromatic heterocycles. The lowest BCUT2D eigenvalue weighted by Crippen LogP contribution is -2.39. The molecule has 0 radical (unpaired) electrons. The summed E-state index contributed by atoms with van der Waals surface area (Å²) >= 11 is 12.8. The fourth-order valence-electron chi connectivity index (χ4n) is 4.56. The smallest absolute Gasteiger partial charge is 0.475 e. The van der Waals surface area contributed by atoms with Crippen LogP contribution in [-0.2, 0) is 17.8 Å². The third-order valence-electron chi connectivity index (χ3n) is 6.78. The van der Waals surface area contributed by atoms with E-state index in [1.807, 2.05) is 48.5 Å². The molecule has 6 aromatic rings. The zero-order valence-electron chi connectivity index (χ0n) is 24.3. The van der Waals surface area contributed by atoms with E-state index in [4.69, 9.17) is 43.8 Å². The van der Waals surface area contributed by atoms with Crippen LogP contribution in [0.1, 0.15) is 23.0 Å². The van der Waals surface area contributed by atoms with Crippen LogP contribution in [0.5, 0.6) is 0 Å². The molecule has 0 aliphatic rings. The van der Waals surface area contributed by atoms with Crippen LogP contribution in [0.4, 0.5) is 23.8 Å². The van der Waals surface area contributed by atoms with Crippen LogP contribution in [0.25, 0.3) is 27.8 Å². The van der Waals surface area contributed by atoms with Crippen molar-refractivity contribution in [3.63, 3.8) is 0 Å². The fraction of sp³-hybridized carbons (Fsp3) is 0.138.